The molecule has 0 bridgehead atoms. The van der Waals surface area contributed by atoms with Crippen LogP contribution in [-0.4, -0.2) is 29.0 Å². The van der Waals surface area contributed by atoms with Crippen molar-refractivity contribution < 1.29 is 9.18 Å². The van der Waals surface area contributed by atoms with Crippen molar-refractivity contribution in [3.8, 4) is 0 Å². The summed E-state index contributed by atoms with van der Waals surface area (Å²) < 4.78 is 13.9. The molecule has 6 nitrogen and oxygen atoms in total. The fourth-order valence-electron chi connectivity index (χ4n) is 2.87. The number of benzene rings is 1. The standard InChI is InChI=1S/C18H22FN5O/c1-12(25)24(2)15-9-7-14(8-10-15)22-18-20-11-16(19)17(23-18)21-13-5-3-4-6-13/h7-11,13H,3-6H2,1-2H3,(H2,20,21,22,23). The van der Waals surface area contributed by atoms with Gasteiger partial charge >= 0.3 is 0 Å². The molecule has 0 spiro atoms. The Morgan fingerprint density at radius 3 is 2.56 bits per heavy atom. The molecule has 1 fully saturated rings. The van der Waals surface area contributed by atoms with Gasteiger partial charge in [0, 0.05) is 31.4 Å². The molecular weight excluding hydrogens is 321 g/mol. The van der Waals surface area contributed by atoms with Gasteiger partial charge in [-0.15, -0.1) is 0 Å². The quantitative estimate of drug-likeness (QED) is 0.866. The Morgan fingerprint density at radius 1 is 1.24 bits per heavy atom. The van der Waals surface area contributed by atoms with Crippen molar-refractivity contribution in [3.05, 3.63) is 36.3 Å². The number of halogens is 1. The van der Waals surface area contributed by atoms with Gasteiger partial charge in [-0.2, -0.15) is 4.98 Å². The van der Waals surface area contributed by atoms with E-state index < -0.39 is 5.82 Å². The number of amides is 1. The van der Waals surface area contributed by atoms with E-state index in [1.54, 1.807) is 11.9 Å². The predicted molar refractivity (Wildman–Crippen MR) is 96.7 cm³/mol. The van der Waals surface area contributed by atoms with Crippen molar-refractivity contribution >= 4 is 29.0 Å². The minimum Gasteiger partial charge on any atom is -0.365 e. The number of hydrogen-bond acceptors (Lipinski definition) is 5. The number of carbonyl (C=O) groups excluding carboxylic acids is 1. The van der Waals surface area contributed by atoms with Crippen LogP contribution >= 0.6 is 0 Å². The van der Waals surface area contributed by atoms with Gasteiger partial charge in [0.25, 0.3) is 0 Å². The van der Waals surface area contributed by atoms with E-state index in [-0.39, 0.29) is 17.8 Å². The molecular formula is C18H22FN5O. The molecule has 7 heteroatoms. The molecule has 132 valence electrons. The van der Waals surface area contributed by atoms with Gasteiger partial charge in [-0.25, -0.2) is 9.37 Å². The summed E-state index contributed by atoms with van der Waals surface area (Å²) in [7, 11) is 1.72. The third-order valence-corrected chi connectivity index (χ3v) is 4.42. The molecule has 1 amide bonds. The van der Waals surface area contributed by atoms with Crippen LogP contribution in [0, 0.1) is 5.82 Å². The van der Waals surface area contributed by atoms with Crippen LogP contribution < -0.4 is 15.5 Å². The van der Waals surface area contributed by atoms with E-state index in [0.717, 1.165) is 37.1 Å². The maximum atomic E-state index is 13.9. The molecule has 3 rings (SSSR count). The first-order valence-corrected chi connectivity index (χ1v) is 8.43. The second-order valence-corrected chi connectivity index (χ2v) is 6.27. The number of hydrogen-bond donors (Lipinski definition) is 2. The van der Waals surface area contributed by atoms with Crippen molar-refractivity contribution in [1.29, 1.82) is 0 Å². The van der Waals surface area contributed by atoms with Gasteiger partial charge in [-0.05, 0) is 37.1 Å². The Bertz CT molecular complexity index is 744. The summed E-state index contributed by atoms with van der Waals surface area (Å²) in [5, 5.41) is 6.22. The van der Waals surface area contributed by atoms with E-state index in [0.29, 0.717) is 5.95 Å². The van der Waals surface area contributed by atoms with E-state index in [4.69, 9.17) is 0 Å². The Hall–Kier alpha value is -2.70. The highest BCUT2D eigenvalue weighted by Crippen LogP contribution is 2.24. The lowest BCUT2D eigenvalue weighted by Gasteiger charge is -2.16. The van der Waals surface area contributed by atoms with Crippen LogP contribution in [0.5, 0.6) is 0 Å². The van der Waals surface area contributed by atoms with Crippen LogP contribution in [0.25, 0.3) is 0 Å². The molecule has 1 aliphatic carbocycles. The van der Waals surface area contributed by atoms with Crippen molar-refractivity contribution in [2.24, 2.45) is 0 Å². The molecule has 2 N–H and O–H groups in total. The van der Waals surface area contributed by atoms with E-state index >= 15 is 0 Å². The average molecular weight is 343 g/mol. The number of nitrogens with zero attached hydrogens (tertiary/aromatic N) is 3. The predicted octanol–water partition coefficient (Wildman–Crippen LogP) is 3.70. The second-order valence-electron chi connectivity index (χ2n) is 6.27. The summed E-state index contributed by atoms with van der Waals surface area (Å²) in [6, 6.07) is 7.58. The molecule has 0 unspecified atom stereocenters. The Kier molecular flexibility index (Phi) is 5.11. The first kappa shape index (κ1) is 17.1. The van der Waals surface area contributed by atoms with Crippen molar-refractivity contribution in [2.45, 2.75) is 38.6 Å². The van der Waals surface area contributed by atoms with Crippen LogP contribution in [0.2, 0.25) is 0 Å². The SMILES string of the molecule is CC(=O)N(C)c1ccc(Nc2ncc(F)c(NC3CCCC3)n2)cc1. The average Bonchev–Trinajstić information content (AvgIpc) is 3.11. The van der Waals surface area contributed by atoms with Gasteiger partial charge in [0.1, 0.15) is 0 Å². The van der Waals surface area contributed by atoms with E-state index in [9.17, 15) is 9.18 Å². The Morgan fingerprint density at radius 2 is 1.92 bits per heavy atom. The minimum absolute atomic E-state index is 0.0368. The largest absolute Gasteiger partial charge is 0.365 e. The molecule has 0 saturated heterocycles. The zero-order valence-electron chi connectivity index (χ0n) is 14.4. The number of carbonyl (C=O) groups is 1. The van der Waals surface area contributed by atoms with Crippen molar-refractivity contribution in [2.75, 3.05) is 22.6 Å². The van der Waals surface area contributed by atoms with Gasteiger partial charge < -0.3 is 15.5 Å². The van der Waals surface area contributed by atoms with E-state index in [2.05, 4.69) is 20.6 Å². The molecule has 0 atom stereocenters. The summed E-state index contributed by atoms with van der Waals surface area (Å²) >= 11 is 0. The van der Waals surface area contributed by atoms with Gasteiger partial charge in [0.05, 0.1) is 6.20 Å². The third kappa shape index (κ3) is 4.23. The Balaban J connectivity index is 1.70. The monoisotopic (exact) mass is 343 g/mol. The third-order valence-electron chi connectivity index (χ3n) is 4.42. The smallest absolute Gasteiger partial charge is 0.229 e. The molecule has 1 aromatic carbocycles. The molecule has 1 heterocycles. The van der Waals surface area contributed by atoms with Crippen LogP contribution in [0.1, 0.15) is 32.6 Å². The number of aromatic nitrogens is 2. The van der Waals surface area contributed by atoms with Gasteiger partial charge in [-0.1, -0.05) is 12.8 Å². The lowest BCUT2D eigenvalue weighted by atomic mass is 10.2. The molecule has 25 heavy (non-hydrogen) atoms. The fourth-order valence-corrected chi connectivity index (χ4v) is 2.87. The van der Waals surface area contributed by atoms with Crippen LogP contribution in [0.4, 0.5) is 27.5 Å². The van der Waals surface area contributed by atoms with Gasteiger partial charge in [-0.3, -0.25) is 4.79 Å². The first-order valence-electron chi connectivity index (χ1n) is 8.43. The molecule has 2 aromatic rings. The summed E-state index contributed by atoms with van der Waals surface area (Å²) in [6.07, 6.45) is 5.58. The summed E-state index contributed by atoms with van der Waals surface area (Å²) in [6.45, 7) is 1.51. The van der Waals surface area contributed by atoms with Gasteiger partial charge in [0.2, 0.25) is 11.9 Å². The van der Waals surface area contributed by atoms with Crippen LogP contribution in [0.3, 0.4) is 0 Å². The topological polar surface area (TPSA) is 70.2 Å². The molecule has 1 aliphatic rings. The van der Waals surface area contributed by atoms with E-state index in [1.807, 2.05) is 24.3 Å². The zero-order valence-corrected chi connectivity index (χ0v) is 14.4. The zero-order chi connectivity index (χ0) is 17.8. The van der Waals surface area contributed by atoms with Crippen molar-refractivity contribution in [3.63, 3.8) is 0 Å². The highest BCUT2D eigenvalue weighted by atomic mass is 19.1. The van der Waals surface area contributed by atoms with Gasteiger partial charge in [0.15, 0.2) is 11.6 Å². The molecule has 0 radical (unpaired) electrons. The number of anilines is 4. The lowest BCUT2D eigenvalue weighted by Crippen LogP contribution is -2.22. The fraction of sp³-hybridized carbons (Fsp3) is 0.389. The Labute approximate surface area is 146 Å². The molecule has 1 saturated carbocycles. The maximum Gasteiger partial charge on any atom is 0.229 e. The normalized spacial score (nSPS) is 14.4. The second kappa shape index (κ2) is 7.46. The maximum absolute atomic E-state index is 13.9. The van der Waals surface area contributed by atoms with Crippen LogP contribution in [-0.2, 0) is 4.79 Å². The summed E-state index contributed by atoms with van der Waals surface area (Å²) in [5.41, 5.74) is 1.56. The highest BCUT2D eigenvalue weighted by Gasteiger charge is 2.17. The lowest BCUT2D eigenvalue weighted by molar-refractivity contribution is -0.116. The molecule has 1 aromatic heterocycles. The summed E-state index contributed by atoms with van der Waals surface area (Å²) in [4.78, 5) is 21.2. The highest BCUT2D eigenvalue weighted by molar-refractivity contribution is 5.91. The first-order chi connectivity index (χ1) is 12.0. The number of nitrogens with one attached hydrogen (secondary N) is 2. The minimum atomic E-state index is -0.448. The number of rotatable bonds is 5. The molecule has 0 aliphatic heterocycles. The summed E-state index contributed by atoms with van der Waals surface area (Å²) in [5.74, 6) is 0.0768. The van der Waals surface area contributed by atoms with E-state index in [1.165, 1.54) is 13.1 Å². The van der Waals surface area contributed by atoms with Crippen molar-refractivity contribution in [1.82, 2.24) is 9.97 Å². The van der Waals surface area contributed by atoms with Crippen LogP contribution in [0.15, 0.2) is 30.5 Å².